The minimum absolute atomic E-state index is 0.0195. The Morgan fingerprint density at radius 3 is 2.68 bits per heavy atom. The van der Waals surface area contributed by atoms with Crippen molar-refractivity contribution in [2.45, 2.75) is 32.6 Å². The Labute approximate surface area is 147 Å². The van der Waals surface area contributed by atoms with E-state index in [4.69, 9.17) is 15.9 Å². The van der Waals surface area contributed by atoms with Crippen molar-refractivity contribution in [1.82, 2.24) is 0 Å². The van der Waals surface area contributed by atoms with Crippen LogP contribution in [0.15, 0.2) is 23.8 Å². The van der Waals surface area contributed by atoms with Gasteiger partial charge in [0.15, 0.2) is 0 Å². The maximum absolute atomic E-state index is 12.4. The fourth-order valence-corrected chi connectivity index (χ4v) is 2.53. The topological polar surface area (TPSA) is 69.7 Å². The molecule has 0 aliphatic heterocycles. The quantitative estimate of drug-likeness (QED) is 0.239. The Hall–Kier alpha value is -2.87. The van der Waals surface area contributed by atoms with Gasteiger partial charge in [-0.3, -0.25) is 9.59 Å². The number of carbonyl (C=O) groups is 3. The zero-order valence-electron chi connectivity index (χ0n) is 14.2. The van der Waals surface area contributed by atoms with E-state index in [1.54, 1.807) is 18.2 Å². The summed E-state index contributed by atoms with van der Waals surface area (Å²) in [5.41, 5.74) is 0.321. The second-order valence-corrected chi connectivity index (χ2v) is 5.63. The van der Waals surface area contributed by atoms with Gasteiger partial charge in [0.25, 0.3) is 0 Å². The highest BCUT2D eigenvalue weighted by atomic mass is 16.5. The van der Waals surface area contributed by atoms with Crippen LogP contribution in [0.25, 0.3) is 6.08 Å². The molecule has 1 aromatic rings. The number of carbonyl (C=O) groups excluding carboxylic acids is 3. The van der Waals surface area contributed by atoms with Gasteiger partial charge >= 0.3 is 5.97 Å². The van der Waals surface area contributed by atoms with Gasteiger partial charge in [0.2, 0.25) is 11.6 Å². The van der Waals surface area contributed by atoms with Crippen LogP contribution in [0.3, 0.4) is 0 Å². The summed E-state index contributed by atoms with van der Waals surface area (Å²) in [4.78, 5) is 36.8. The summed E-state index contributed by atoms with van der Waals surface area (Å²) in [6.45, 7) is 2.30. The molecule has 0 atom stereocenters. The van der Waals surface area contributed by atoms with Crippen LogP contribution in [0.1, 0.15) is 48.5 Å². The first-order valence-corrected chi connectivity index (χ1v) is 8.27. The second-order valence-electron chi connectivity index (χ2n) is 5.63. The maximum atomic E-state index is 12.4. The van der Waals surface area contributed by atoms with Crippen LogP contribution in [-0.4, -0.2) is 30.7 Å². The Morgan fingerprint density at radius 2 is 1.96 bits per heavy atom. The molecule has 0 aromatic heterocycles. The van der Waals surface area contributed by atoms with Crippen molar-refractivity contribution in [3.05, 3.63) is 34.9 Å². The fraction of sp³-hybridized carbons (Fsp3) is 0.350. The SMILES string of the molecule is C#CCOc1cccc2c1C(=O)C(=O)C(C(=O)OCCCCCC)=C2. The Bertz CT molecular complexity index is 752. The number of esters is 1. The summed E-state index contributed by atoms with van der Waals surface area (Å²) in [6, 6.07) is 4.86. The van der Waals surface area contributed by atoms with Crippen LogP contribution in [-0.2, 0) is 14.3 Å². The number of hydrogen-bond acceptors (Lipinski definition) is 5. The van der Waals surface area contributed by atoms with Crippen LogP contribution in [0.5, 0.6) is 5.75 Å². The first-order valence-electron chi connectivity index (χ1n) is 8.27. The molecule has 5 heteroatoms. The van der Waals surface area contributed by atoms with E-state index in [0.717, 1.165) is 25.7 Å². The minimum atomic E-state index is -0.886. The van der Waals surface area contributed by atoms with E-state index in [2.05, 4.69) is 12.8 Å². The predicted octanol–water partition coefficient (Wildman–Crippen LogP) is 2.97. The van der Waals surface area contributed by atoms with Crippen molar-refractivity contribution in [1.29, 1.82) is 0 Å². The van der Waals surface area contributed by atoms with Gasteiger partial charge in [-0.2, -0.15) is 0 Å². The first-order chi connectivity index (χ1) is 12.1. The number of unbranched alkanes of at least 4 members (excludes halogenated alkanes) is 3. The van der Waals surface area contributed by atoms with Crippen molar-refractivity contribution in [2.75, 3.05) is 13.2 Å². The summed E-state index contributed by atoms with van der Waals surface area (Å²) < 4.78 is 10.4. The third-order valence-corrected chi connectivity index (χ3v) is 3.80. The summed E-state index contributed by atoms with van der Waals surface area (Å²) in [7, 11) is 0. The molecule has 1 aliphatic carbocycles. The largest absolute Gasteiger partial charge is 0.480 e. The lowest BCUT2D eigenvalue weighted by Crippen LogP contribution is -2.27. The lowest BCUT2D eigenvalue weighted by Gasteiger charge is -2.16. The molecule has 2 rings (SSSR count). The van der Waals surface area contributed by atoms with Crippen molar-refractivity contribution < 1.29 is 23.9 Å². The van der Waals surface area contributed by atoms with Crippen molar-refractivity contribution in [3.63, 3.8) is 0 Å². The molecule has 0 fully saturated rings. The summed E-state index contributed by atoms with van der Waals surface area (Å²) >= 11 is 0. The number of benzene rings is 1. The van der Waals surface area contributed by atoms with Gasteiger partial charge < -0.3 is 9.47 Å². The molecular weight excluding hydrogens is 320 g/mol. The van der Waals surface area contributed by atoms with Crippen LogP contribution in [0.4, 0.5) is 0 Å². The summed E-state index contributed by atoms with van der Waals surface area (Å²) in [5.74, 6) is 0.0958. The van der Waals surface area contributed by atoms with E-state index >= 15 is 0 Å². The molecule has 25 heavy (non-hydrogen) atoms. The average Bonchev–Trinajstić information content (AvgIpc) is 2.62. The minimum Gasteiger partial charge on any atom is -0.480 e. The summed E-state index contributed by atoms with van der Waals surface area (Å²) in [6.07, 6.45) is 10.3. The third-order valence-electron chi connectivity index (χ3n) is 3.80. The standard InChI is InChI=1S/C20H20O5/c1-3-5-6-7-12-25-20(23)15-13-14-9-8-10-16(24-11-4-2)17(14)19(22)18(15)21/h2,8-10,13H,3,5-7,11-12H2,1H3. The van der Waals surface area contributed by atoms with Crippen LogP contribution >= 0.6 is 0 Å². The van der Waals surface area contributed by atoms with Gasteiger partial charge in [0.1, 0.15) is 17.9 Å². The van der Waals surface area contributed by atoms with Crippen LogP contribution in [0, 0.1) is 12.3 Å². The molecule has 0 amide bonds. The molecule has 130 valence electrons. The zero-order valence-corrected chi connectivity index (χ0v) is 14.2. The van der Waals surface area contributed by atoms with Gasteiger partial charge in [-0.15, -0.1) is 6.42 Å². The average molecular weight is 340 g/mol. The van der Waals surface area contributed by atoms with Crippen LogP contribution < -0.4 is 4.74 Å². The van der Waals surface area contributed by atoms with E-state index in [1.807, 2.05) is 0 Å². The van der Waals surface area contributed by atoms with E-state index in [-0.39, 0.29) is 30.1 Å². The molecule has 0 bridgehead atoms. The molecule has 1 aliphatic rings. The van der Waals surface area contributed by atoms with Gasteiger partial charge in [-0.1, -0.05) is 44.2 Å². The van der Waals surface area contributed by atoms with E-state index < -0.39 is 17.5 Å². The smallest absolute Gasteiger partial charge is 0.342 e. The Balaban J connectivity index is 2.18. The molecule has 0 spiro atoms. The Morgan fingerprint density at radius 1 is 1.16 bits per heavy atom. The number of rotatable bonds is 8. The second kappa shape index (κ2) is 8.84. The van der Waals surface area contributed by atoms with Crippen molar-refractivity contribution in [2.24, 2.45) is 0 Å². The number of ketones is 2. The van der Waals surface area contributed by atoms with E-state index in [0.29, 0.717) is 5.56 Å². The van der Waals surface area contributed by atoms with Gasteiger partial charge in [-0.05, 0) is 24.1 Å². The lowest BCUT2D eigenvalue weighted by molar-refractivity contribution is -0.140. The number of ether oxygens (including phenoxy) is 2. The van der Waals surface area contributed by atoms with E-state index in [9.17, 15) is 14.4 Å². The van der Waals surface area contributed by atoms with Crippen LogP contribution in [0.2, 0.25) is 0 Å². The van der Waals surface area contributed by atoms with Crippen molar-refractivity contribution >= 4 is 23.6 Å². The predicted molar refractivity (Wildman–Crippen MR) is 93.2 cm³/mol. The van der Waals surface area contributed by atoms with Gasteiger partial charge in [0, 0.05) is 0 Å². The lowest BCUT2D eigenvalue weighted by atomic mass is 9.89. The highest BCUT2D eigenvalue weighted by Gasteiger charge is 2.34. The summed E-state index contributed by atoms with van der Waals surface area (Å²) in [5, 5.41) is 0. The molecule has 0 saturated heterocycles. The third kappa shape index (κ3) is 4.36. The molecule has 0 radical (unpaired) electrons. The molecule has 0 unspecified atom stereocenters. The monoisotopic (exact) mass is 340 g/mol. The maximum Gasteiger partial charge on any atom is 0.342 e. The Kier molecular flexibility index (Phi) is 6.53. The normalized spacial score (nSPS) is 12.9. The molecule has 0 heterocycles. The highest BCUT2D eigenvalue weighted by molar-refractivity contribution is 6.56. The fourth-order valence-electron chi connectivity index (χ4n) is 2.53. The molecule has 5 nitrogen and oxygen atoms in total. The number of Topliss-reactive ketones (excluding diaryl/α,β-unsaturated/α-hetero) is 2. The number of fused-ring (bicyclic) bond motifs is 1. The van der Waals surface area contributed by atoms with Crippen molar-refractivity contribution in [3.8, 4) is 18.1 Å². The molecule has 0 N–H and O–H groups in total. The highest BCUT2D eigenvalue weighted by Crippen LogP contribution is 2.30. The van der Waals surface area contributed by atoms with E-state index in [1.165, 1.54) is 6.08 Å². The number of terminal acetylenes is 1. The first kappa shape index (κ1) is 18.5. The number of hydrogen-bond donors (Lipinski definition) is 0. The molecule has 1 aromatic carbocycles. The molecular formula is C20H20O5. The zero-order chi connectivity index (χ0) is 18.2. The van der Waals surface area contributed by atoms with Gasteiger partial charge in [-0.25, -0.2) is 4.79 Å². The molecule has 0 saturated carbocycles. The van der Waals surface area contributed by atoms with Gasteiger partial charge in [0.05, 0.1) is 12.2 Å².